The predicted molar refractivity (Wildman–Crippen MR) is 88.3 cm³/mol. The van der Waals surface area contributed by atoms with Crippen molar-refractivity contribution in [3.8, 4) is 0 Å². The van der Waals surface area contributed by atoms with Gasteiger partial charge < -0.3 is 19.5 Å². The van der Waals surface area contributed by atoms with Gasteiger partial charge in [0.1, 0.15) is 0 Å². The van der Waals surface area contributed by atoms with Crippen LogP contribution in [0, 0.1) is 0 Å². The monoisotopic (exact) mass is 332 g/mol. The largest absolute Gasteiger partial charge is 0.389 e. The Morgan fingerprint density at radius 3 is 2.79 bits per heavy atom. The molecule has 2 amide bonds. The summed E-state index contributed by atoms with van der Waals surface area (Å²) in [4.78, 5) is 32.4. The molecule has 0 bridgehead atoms. The Labute approximate surface area is 141 Å². The van der Waals surface area contributed by atoms with Gasteiger partial charge in [-0.1, -0.05) is 6.58 Å². The lowest BCUT2D eigenvalue weighted by molar-refractivity contribution is -0.134. The van der Waals surface area contributed by atoms with Gasteiger partial charge in [0.25, 0.3) is 0 Å². The summed E-state index contributed by atoms with van der Waals surface area (Å²) in [7, 11) is 1.95. The predicted octanol–water partition coefficient (Wildman–Crippen LogP) is 0.0577. The fraction of sp³-hybridized carbons (Fsp3) is 0.588. The molecule has 3 rings (SSSR count). The molecular formula is C17H24N4O3. The molecule has 0 aromatic carbocycles. The molecule has 0 saturated carbocycles. The zero-order chi connectivity index (χ0) is 17.3. The first-order valence-corrected chi connectivity index (χ1v) is 8.39. The van der Waals surface area contributed by atoms with Crippen molar-refractivity contribution in [2.75, 3.05) is 26.2 Å². The highest BCUT2D eigenvalue weighted by Crippen LogP contribution is 2.32. The Balaban J connectivity index is 1.76. The van der Waals surface area contributed by atoms with E-state index in [1.807, 2.05) is 11.6 Å². The van der Waals surface area contributed by atoms with Gasteiger partial charge >= 0.3 is 0 Å². The summed E-state index contributed by atoms with van der Waals surface area (Å²) in [6, 6.07) is 0. The average molecular weight is 332 g/mol. The molecule has 130 valence electrons. The second-order valence-electron chi connectivity index (χ2n) is 6.56. The number of nitrogens with zero attached hydrogens (tertiary/aromatic N) is 4. The number of amides is 2. The van der Waals surface area contributed by atoms with Gasteiger partial charge in [-0.25, -0.2) is 4.98 Å². The van der Waals surface area contributed by atoms with Crippen LogP contribution in [0.2, 0.25) is 0 Å². The summed E-state index contributed by atoms with van der Waals surface area (Å²) in [6.07, 6.45) is 4.95. The van der Waals surface area contributed by atoms with Crippen molar-refractivity contribution in [1.82, 2.24) is 19.4 Å². The molecule has 1 fully saturated rings. The lowest BCUT2D eigenvalue weighted by Crippen LogP contribution is -2.41. The first-order valence-electron chi connectivity index (χ1n) is 8.39. The first kappa shape index (κ1) is 16.7. The van der Waals surface area contributed by atoms with E-state index in [-0.39, 0.29) is 30.8 Å². The van der Waals surface area contributed by atoms with Gasteiger partial charge in [0, 0.05) is 38.9 Å². The van der Waals surface area contributed by atoms with Gasteiger partial charge in [-0.3, -0.25) is 9.59 Å². The molecule has 2 aliphatic rings. The number of hydrogen-bond donors (Lipinski definition) is 1. The van der Waals surface area contributed by atoms with E-state index < -0.39 is 6.10 Å². The number of aliphatic hydroxyl groups excluding tert-OH is 1. The number of imidazole rings is 1. The molecule has 1 aliphatic heterocycles. The zero-order valence-corrected chi connectivity index (χ0v) is 14.0. The van der Waals surface area contributed by atoms with E-state index in [0.717, 1.165) is 30.7 Å². The quantitative estimate of drug-likeness (QED) is 0.777. The Hall–Kier alpha value is -2.15. The SMILES string of the molecule is C=CC(=O)N1CCN(C(=O)C2CCCc3c2ncn3C)CC(O)C1. The Kier molecular flexibility index (Phi) is 4.71. The summed E-state index contributed by atoms with van der Waals surface area (Å²) in [5.41, 5.74) is 1.99. The summed E-state index contributed by atoms with van der Waals surface area (Å²) >= 11 is 0. The van der Waals surface area contributed by atoms with Crippen molar-refractivity contribution in [2.45, 2.75) is 31.3 Å². The lowest BCUT2D eigenvalue weighted by atomic mass is 9.88. The van der Waals surface area contributed by atoms with E-state index in [0.29, 0.717) is 13.1 Å². The molecule has 1 aromatic rings. The highest BCUT2D eigenvalue weighted by atomic mass is 16.3. The summed E-state index contributed by atoms with van der Waals surface area (Å²) < 4.78 is 1.98. The smallest absolute Gasteiger partial charge is 0.246 e. The number of hydrogen-bond acceptors (Lipinski definition) is 4. The Bertz CT molecular complexity index is 654. The molecule has 24 heavy (non-hydrogen) atoms. The highest BCUT2D eigenvalue weighted by Gasteiger charge is 2.35. The minimum atomic E-state index is -0.743. The van der Waals surface area contributed by atoms with Gasteiger partial charge in [0.2, 0.25) is 11.8 Å². The van der Waals surface area contributed by atoms with Crippen LogP contribution in [0.25, 0.3) is 0 Å². The molecule has 1 aromatic heterocycles. The third-order valence-electron chi connectivity index (χ3n) is 4.93. The van der Waals surface area contributed by atoms with E-state index in [2.05, 4.69) is 11.6 Å². The maximum Gasteiger partial charge on any atom is 0.246 e. The van der Waals surface area contributed by atoms with E-state index in [4.69, 9.17) is 0 Å². The summed E-state index contributed by atoms with van der Waals surface area (Å²) in [5.74, 6) is -0.460. The number of β-amino-alcohol motifs (C(OH)–C–C–N with tert-alkyl or cyclic N) is 1. The van der Waals surface area contributed by atoms with Crippen molar-refractivity contribution in [2.24, 2.45) is 7.05 Å². The molecule has 0 radical (unpaired) electrons. The minimum absolute atomic E-state index is 0.00148. The van der Waals surface area contributed by atoms with Crippen molar-refractivity contribution in [3.05, 3.63) is 30.4 Å². The van der Waals surface area contributed by atoms with Crippen molar-refractivity contribution >= 4 is 11.8 Å². The zero-order valence-electron chi connectivity index (χ0n) is 14.0. The molecule has 7 nitrogen and oxygen atoms in total. The lowest BCUT2D eigenvalue weighted by Gasteiger charge is -2.28. The maximum absolute atomic E-state index is 13.0. The Morgan fingerprint density at radius 1 is 1.33 bits per heavy atom. The fourth-order valence-electron chi connectivity index (χ4n) is 3.66. The van der Waals surface area contributed by atoms with Gasteiger partial charge in [-0.15, -0.1) is 0 Å². The van der Waals surface area contributed by atoms with Crippen molar-refractivity contribution in [3.63, 3.8) is 0 Å². The van der Waals surface area contributed by atoms with E-state index in [1.54, 1.807) is 11.2 Å². The van der Waals surface area contributed by atoms with Crippen LogP contribution >= 0.6 is 0 Å². The third-order valence-corrected chi connectivity index (χ3v) is 4.93. The highest BCUT2D eigenvalue weighted by molar-refractivity contribution is 5.87. The van der Waals surface area contributed by atoms with E-state index >= 15 is 0 Å². The molecule has 2 atom stereocenters. The van der Waals surface area contributed by atoms with Gasteiger partial charge in [-0.2, -0.15) is 0 Å². The normalized spacial score (nSPS) is 24.2. The number of carbonyl (C=O) groups excluding carboxylic acids is 2. The second-order valence-corrected chi connectivity index (χ2v) is 6.56. The second kappa shape index (κ2) is 6.76. The Morgan fingerprint density at radius 2 is 2.04 bits per heavy atom. The van der Waals surface area contributed by atoms with E-state index in [1.165, 1.54) is 11.0 Å². The molecule has 2 heterocycles. The number of fused-ring (bicyclic) bond motifs is 1. The summed E-state index contributed by atoms with van der Waals surface area (Å²) in [5, 5.41) is 10.2. The van der Waals surface area contributed by atoms with Crippen LogP contribution in [0.1, 0.15) is 30.1 Å². The van der Waals surface area contributed by atoms with Crippen LogP contribution in [0.5, 0.6) is 0 Å². The first-order chi connectivity index (χ1) is 11.5. The molecule has 0 spiro atoms. The number of aliphatic hydroxyl groups is 1. The molecule has 2 unspecified atom stereocenters. The van der Waals surface area contributed by atoms with Crippen LogP contribution in [0.4, 0.5) is 0 Å². The van der Waals surface area contributed by atoms with Gasteiger partial charge in [0.15, 0.2) is 0 Å². The van der Waals surface area contributed by atoms with Crippen LogP contribution < -0.4 is 0 Å². The maximum atomic E-state index is 13.0. The molecular weight excluding hydrogens is 308 g/mol. The topological polar surface area (TPSA) is 78.7 Å². The minimum Gasteiger partial charge on any atom is -0.389 e. The molecule has 1 aliphatic carbocycles. The third kappa shape index (κ3) is 3.08. The standard InChI is InChI=1S/C17H24N4O3/c1-3-15(23)20-7-8-21(10-12(22)9-20)17(24)13-5-4-6-14-16(13)18-11-19(14)2/h3,11-13,22H,1,4-10H2,2H3. The molecule has 1 saturated heterocycles. The summed E-state index contributed by atoms with van der Waals surface area (Å²) in [6.45, 7) is 4.80. The van der Waals surface area contributed by atoms with Crippen LogP contribution in [-0.2, 0) is 23.1 Å². The van der Waals surface area contributed by atoms with Gasteiger partial charge in [-0.05, 0) is 25.3 Å². The van der Waals surface area contributed by atoms with Crippen LogP contribution in [-0.4, -0.2) is 68.6 Å². The van der Waals surface area contributed by atoms with Crippen LogP contribution in [0.3, 0.4) is 0 Å². The molecule has 7 heteroatoms. The number of aryl methyl sites for hydroxylation is 1. The number of aromatic nitrogens is 2. The number of carbonyl (C=O) groups is 2. The van der Waals surface area contributed by atoms with E-state index in [9.17, 15) is 14.7 Å². The fourth-order valence-corrected chi connectivity index (χ4v) is 3.66. The van der Waals surface area contributed by atoms with Crippen molar-refractivity contribution < 1.29 is 14.7 Å². The van der Waals surface area contributed by atoms with Crippen LogP contribution in [0.15, 0.2) is 19.0 Å². The number of rotatable bonds is 2. The average Bonchev–Trinajstić information content (AvgIpc) is 2.85. The van der Waals surface area contributed by atoms with Gasteiger partial charge in [0.05, 0.1) is 24.0 Å². The van der Waals surface area contributed by atoms with Crippen molar-refractivity contribution in [1.29, 1.82) is 0 Å². The molecule has 1 N–H and O–H groups in total.